The predicted octanol–water partition coefficient (Wildman–Crippen LogP) is 1.60. The van der Waals surface area contributed by atoms with Crippen LogP contribution in [0.5, 0.6) is 0 Å². The Morgan fingerprint density at radius 2 is 2.28 bits per heavy atom. The highest BCUT2D eigenvalue weighted by atomic mass is 127. The number of amides is 1. The zero-order valence-electron chi connectivity index (χ0n) is 14.4. The van der Waals surface area contributed by atoms with Crippen molar-refractivity contribution < 1.29 is 14.3 Å². The van der Waals surface area contributed by atoms with Crippen molar-refractivity contribution in [3.8, 4) is 0 Å². The fraction of sp³-hybridized carbons (Fsp3) is 0.529. The number of carbonyl (C=O) groups excluding carboxylic acids is 1. The first-order chi connectivity index (χ1) is 11.5. The zero-order chi connectivity index (χ0) is 17.5. The van der Waals surface area contributed by atoms with Crippen molar-refractivity contribution in [2.75, 3.05) is 20.1 Å². The van der Waals surface area contributed by atoms with Crippen LogP contribution in [0.4, 0.5) is 4.39 Å². The zero-order valence-corrected chi connectivity index (χ0v) is 16.7. The molecule has 0 aliphatic carbocycles. The molecule has 0 spiro atoms. The van der Waals surface area contributed by atoms with Crippen LogP contribution >= 0.6 is 24.0 Å². The molecule has 0 radical (unpaired) electrons. The highest BCUT2D eigenvalue weighted by molar-refractivity contribution is 14.0. The summed E-state index contributed by atoms with van der Waals surface area (Å²) >= 11 is 0. The van der Waals surface area contributed by atoms with E-state index in [0.29, 0.717) is 13.0 Å². The third-order valence-corrected chi connectivity index (χ3v) is 4.25. The van der Waals surface area contributed by atoms with Crippen LogP contribution in [0.3, 0.4) is 0 Å². The van der Waals surface area contributed by atoms with Gasteiger partial charge in [0.25, 0.3) is 0 Å². The Labute approximate surface area is 164 Å². The minimum atomic E-state index is -0.407. The number of primary amides is 1. The number of hydrogen-bond acceptors (Lipinski definition) is 3. The van der Waals surface area contributed by atoms with E-state index in [1.165, 1.54) is 6.07 Å². The van der Waals surface area contributed by atoms with Gasteiger partial charge >= 0.3 is 0 Å². The van der Waals surface area contributed by atoms with Crippen LogP contribution in [-0.2, 0) is 17.9 Å². The van der Waals surface area contributed by atoms with Gasteiger partial charge in [0.1, 0.15) is 5.82 Å². The van der Waals surface area contributed by atoms with Gasteiger partial charge in [0.2, 0.25) is 5.91 Å². The summed E-state index contributed by atoms with van der Waals surface area (Å²) in [4.78, 5) is 17.5. The monoisotopic (exact) mass is 464 g/mol. The maximum absolute atomic E-state index is 13.4. The number of likely N-dealkylation sites (tertiary alicyclic amines) is 1. The second-order valence-electron chi connectivity index (χ2n) is 6.11. The van der Waals surface area contributed by atoms with Gasteiger partial charge in [0.15, 0.2) is 5.96 Å². The molecule has 6 nitrogen and oxygen atoms in total. The minimum Gasteiger partial charge on any atom is -0.392 e. The molecule has 4 N–H and O–H groups in total. The number of nitrogens with one attached hydrogen (secondary N) is 1. The maximum atomic E-state index is 13.4. The van der Waals surface area contributed by atoms with Crippen LogP contribution in [0.15, 0.2) is 23.2 Å². The Morgan fingerprint density at radius 1 is 1.52 bits per heavy atom. The van der Waals surface area contributed by atoms with Crippen molar-refractivity contribution in [1.29, 1.82) is 0 Å². The number of guanidine groups is 1. The van der Waals surface area contributed by atoms with Crippen molar-refractivity contribution >= 4 is 35.8 Å². The average molecular weight is 464 g/mol. The highest BCUT2D eigenvalue weighted by Crippen LogP contribution is 2.19. The van der Waals surface area contributed by atoms with Crippen LogP contribution in [0.25, 0.3) is 0 Å². The van der Waals surface area contributed by atoms with Crippen LogP contribution in [0.2, 0.25) is 0 Å². The molecule has 0 aromatic heterocycles. The Bertz CT molecular complexity index is 612. The summed E-state index contributed by atoms with van der Waals surface area (Å²) in [5.41, 5.74) is 6.45. The number of hydrogen-bond donors (Lipinski definition) is 3. The smallest absolute Gasteiger partial charge is 0.217 e. The molecule has 1 aromatic rings. The van der Waals surface area contributed by atoms with Crippen molar-refractivity contribution in [3.63, 3.8) is 0 Å². The SMILES string of the molecule is CN=C(NCc1ccc(F)c(CO)c1)N1CCCC(CC(N)=O)C1.I. The summed E-state index contributed by atoms with van der Waals surface area (Å²) in [5.74, 6) is 0.323. The molecule has 1 fully saturated rings. The molecule has 1 aromatic carbocycles. The number of halogens is 2. The van der Waals surface area contributed by atoms with Gasteiger partial charge in [-0.3, -0.25) is 9.79 Å². The van der Waals surface area contributed by atoms with E-state index in [0.717, 1.165) is 37.5 Å². The fourth-order valence-electron chi connectivity index (χ4n) is 3.08. The van der Waals surface area contributed by atoms with E-state index < -0.39 is 5.82 Å². The minimum absolute atomic E-state index is 0. The molecule has 0 saturated carbocycles. The Hall–Kier alpha value is -1.42. The maximum Gasteiger partial charge on any atom is 0.217 e. The first kappa shape index (κ1) is 21.6. The van der Waals surface area contributed by atoms with Gasteiger partial charge in [-0.15, -0.1) is 24.0 Å². The van der Waals surface area contributed by atoms with Gasteiger partial charge in [-0.1, -0.05) is 6.07 Å². The van der Waals surface area contributed by atoms with Crippen LogP contribution in [-0.4, -0.2) is 42.0 Å². The number of carbonyl (C=O) groups is 1. The number of aliphatic imine (C=N–C) groups is 1. The number of aliphatic hydroxyl groups excluding tert-OH is 1. The molecule has 1 atom stereocenters. The number of rotatable bonds is 5. The molecule has 8 heteroatoms. The van der Waals surface area contributed by atoms with Crippen LogP contribution in [0.1, 0.15) is 30.4 Å². The normalized spacial score (nSPS) is 17.8. The molecule has 2 rings (SSSR count). The van der Waals surface area contributed by atoms with E-state index in [-0.39, 0.29) is 48.0 Å². The standard InChI is InChI=1S/C17H25FN4O2.HI/c1-20-17(22-6-2-3-13(10-22)8-16(19)24)21-9-12-4-5-15(18)14(7-12)11-23;/h4-5,7,13,23H,2-3,6,8-11H2,1H3,(H2,19,24)(H,20,21);1H. The number of nitrogens with zero attached hydrogens (tertiary/aromatic N) is 2. The van der Waals surface area contributed by atoms with E-state index in [1.54, 1.807) is 19.2 Å². The lowest BCUT2D eigenvalue weighted by Gasteiger charge is -2.34. The number of benzene rings is 1. The van der Waals surface area contributed by atoms with E-state index in [9.17, 15) is 9.18 Å². The van der Waals surface area contributed by atoms with Crippen molar-refractivity contribution in [3.05, 3.63) is 35.1 Å². The Morgan fingerprint density at radius 3 is 2.92 bits per heavy atom. The lowest BCUT2D eigenvalue weighted by molar-refractivity contribution is -0.119. The molecular weight excluding hydrogens is 438 g/mol. The summed E-state index contributed by atoms with van der Waals surface area (Å²) in [6, 6.07) is 4.68. The molecule has 1 aliphatic rings. The molecule has 1 aliphatic heterocycles. The largest absolute Gasteiger partial charge is 0.392 e. The second kappa shape index (κ2) is 10.5. The summed E-state index contributed by atoms with van der Waals surface area (Å²) in [6.45, 7) is 1.78. The van der Waals surface area contributed by atoms with Gasteiger partial charge in [-0.2, -0.15) is 0 Å². The molecule has 25 heavy (non-hydrogen) atoms. The molecule has 1 heterocycles. The molecule has 1 amide bonds. The lowest BCUT2D eigenvalue weighted by Crippen LogP contribution is -2.46. The second-order valence-corrected chi connectivity index (χ2v) is 6.11. The number of nitrogens with two attached hydrogens (primary N) is 1. The Balaban J connectivity index is 0.00000312. The summed E-state index contributed by atoms with van der Waals surface area (Å²) in [6.07, 6.45) is 2.38. The topological polar surface area (TPSA) is 91.0 Å². The first-order valence-corrected chi connectivity index (χ1v) is 8.15. The van der Waals surface area contributed by atoms with Crippen molar-refractivity contribution in [2.24, 2.45) is 16.6 Å². The third kappa shape index (κ3) is 6.43. The van der Waals surface area contributed by atoms with Gasteiger partial charge in [-0.05, 0) is 36.5 Å². The molecule has 1 saturated heterocycles. The highest BCUT2D eigenvalue weighted by Gasteiger charge is 2.23. The van der Waals surface area contributed by atoms with Crippen molar-refractivity contribution in [2.45, 2.75) is 32.4 Å². The Kier molecular flexibility index (Phi) is 9.12. The number of aliphatic hydroxyl groups is 1. The van der Waals surface area contributed by atoms with E-state index in [4.69, 9.17) is 10.8 Å². The fourth-order valence-corrected chi connectivity index (χ4v) is 3.08. The van der Waals surface area contributed by atoms with Gasteiger partial charge in [0.05, 0.1) is 6.61 Å². The van der Waals surface area contributed by atoms with E-state index >= 15 is 0 Å². The summed E-state index contributed by atoms with van der Waals surface area (Å²) < 4.78 is 13.4. The summed E-state index contributed by atoms with van der Waals surface area (Å²) in [7, 11) is 1.71. The van der Waals surface area contributed by atoms with E-state index in [1.807, 2.05) is 0 Å². The van der Waals surface area contributed by atoms with Gasteiger partial charge in [0, 0.05) is 38.7 Å². The quantitative estimate of drug-likeness (QED) is 0.351. The van der Waals surface area contributed by atoms with Crippen molar-refractivity contribution in [1.82, 2.24) is 10.2 Å². The molecule has 1 unspecified atom stereocenters. The molecule has 140 valence electrons. The molecular formula is C17H26FIN4O2. The van der Waals surface area contributed by atoms with Gasteiger partial charge in [-0.25, -0.2) is 4.39 Å². The number of piperidine rings is 1. The van der Waals surface area contributed by atoms with Crippen LogP contribution < -0.4 is 11.1 Å². The summed E-state index contributed by atoms with van der Waals surface area (Å²) in [5, 5.41) is 12.4. The van der Waals surface area contributed by atoms with Crippen LogP contribution in [0, 0.1) is 11.7 Å². The molecule has 0 bridgehead atoms. The predicted molar refractivity (Wildman–Crippen MR) is 106 cm³/mol. The average Bonchev–Trinajstić information content (AvgIpc) is 2.56. The van der Waals surface area contributed by atoms with Gasteiger partial charge < -0.3 is 21.1 Å². The lowest BCUT2D eigenvalue weighted by atomic mass is 9.95. The third-order valence-electron chi connectivity index (χ3n) is 4.25. The van der Waals surface area contributed by atoms with E-state index in [2.05, 4.69) is 15.2 Å². The first-order valence-electron chi connectivity index (χ1n) is 8.15.